The van der Waals surface area contributed by atoms with Crippen molar-refractivity contribution in [1.82, 2.24) is 0 Å². The predicted molar refractivity (Wildman–Crippen MR) is 68.5 cm³/mol. The average Bonchev–Trinajstić information content (AvgIpc) is 3.05. The Balaban J connectivity index is 2.29. The van der Waals surface area contributed by atoms with Gasteiger partial charge in [0.15, 0.2) is 0 Å². The molecule has 2 unspecified atom stereocenters. The van der Waals surface area contributed by atoms with E-state index in [1.807, 2.05) is 11.8 Å². The van der Waals surface area contributed by atoms with Gasteiger partial charge in [0, 0.05) is 11.3 Å². The molecule has 0 bridgehead atoms. The standard InChI is InChI=1S/C12H23NO2S/c1-4-10(13)9(2)16-8-12(5-6-12)7-11(14)15-3/h9-10H,4-8,13H2,1-3H3. The monoisotopic (exact) mass is 245 g/mol. The molecule has 0 aromatic rings. The highest BCUT2D eigenvalue weighted by atomic mass is 32.2. The van der Waals surface area contributed by atoms with Crippen molar-refractivity contribution in [3.8, 4) is 0 Å². The molecule has 1 aliphatic carbocycles. The van der Waals surface area contributed by atoms with Gasteiger partial charge in [-0.3, -0.25) is 4.79 Å². The Morgan fingerprint density at radius 1 is 1.56 bits per heavy atom. The van der Waals surface area contributed by atoms with Gasteiger partial charge in [-0.25, -0.2) is 0 Å². The third-order valence-electron chi connectivity index (χ3n) is 3.43. The zero-order valence-corrected chi connectivity index (χ0v) is 11.3. The van der Waals surface area contributed by atoms with Gasteiger partial charge in [0.25, 0.3) is 0 Å². The van der Waals surface area contributed by atoms with E-state index in [4.69, 9.17) is 10.5 Å². The fourth-order valence-electron chi connectivity index (χ4n) is 1.69. The van der Waals surface area contributed by atoms with E-state index in [0.717, 1.165) is 25.0 Å². The molecule has 0 radical (unpaired) electrons. The van der Waals surface area contributed by atoms with Gasteiger partial charge in [0.2, 0.25) is 0 Å². The first kappa shape index (κ1) is 13.8. The van der Waals surface area contributed by atoms with Crippen LogP contribution in [0.15, 0.2) is 0 Å². The number of methoxy groups -OCH3 is 1. The SMILES string of the molecule is CCC(N)C(C)SCC1(CC(=O)OC)CC1. The number of thioether (sulfide) groups is 1. The second-order valence-corrected chi connectivity index (χ2v) is 6.21. The lowest BCUT2D eigenvalue weighted by Gasteiger charge is -2.21. The van der Waals surface area contributed by atoms with Crippen LogP contribution in [0.25, 0.3) is 0 Å². The minimum Gasteiger partial charge on any atom is -0.469 e. The lowest BCUT2D eigenvalue weighted by molar-refractivity contribution is -0.141. The number of hydrogen-bond donors (Lipinski definition) is 1. The predicted octanol–water partition coefficient (Wildman–Crippen LogP) is 2.19. The molecule has 1 fully saturated rings. The van der Waals surface area contributed by atoms with Gasteiger partial charge in [0.1, 0.15) is 0 Å². The van der Waals surface area contributed by atoms with Gasteiger partial charge in [-0.2, -0.15) is 11.8 Å². The van der Waals surface area contributed by atoms with Crippen LogP contribution in [0.5, 0.6) is 0 Å². The zero-order chi connectivity index (χ0) is 12.2. The maximum atomic E-state index is 11.2. The van der Waals surface area contributed by atoms with E-state index in [1.54, 1.807) is 0 Å². The van der Waals surface area contributed by atoms with Gasteiger partial charge in [-0.05, 0) is 30.4 Å². The number of nitrogens with two attached hydrogens (primary N) is 1. The van der Waals surface area contributed by atoms with Crippen LogP contribution in [0, 0.1) is 5.41 Å². The number of carbonyl (C=O) groups is 1. The van der Waals surface area contributed by atoms with Crippen LogP contribution in [0.1, 0.15) is 39.5 Å². The minimum absolute atomic E-state index is 0.0782. The topological polar surface area (TPSA) is 52.3 Å². The van der Waals surface area contributed by atoms with Crippen molar-refractivity contribution in [3.05, 3.63) is 0 Å². The summed E-state index contributed by atoms with van der Waals surface area (Å²) in [6, 6.07) is 0.263. The molecule has 0 aromatic carbocycles. The van der Waals surface area contributed by atoms with Crippen LogP contribution < -0.4 is 5.73 Å². The Kier molecular flexibility index (Phi) is 5.12. The molecule has 2 N–H and O–H groups in total. The molecular formula is C12H23NO2S. The maximum absolute atomic E-state index is 11.2. The van der Waals surface area contributed by atoms with Crippen LogP contribution in [0.3, 0.4) is 0 Å². The summed E-state index contributed by atoms with van der Waals surface area (Å²) in [5, 5.41) is 0.472. The first-order chi connectivity index (χ1) is 7.53. The summed E-state index contributed by atoms with van der Waals surface area (Å²) >= 11 is 1.90. The fraction of sp³-hybridized carbons (Fsp3) is 0.917. The summed E-state index contributed by atoms with van der Waals surface area (Å²) in [5.41, 5.74) is 6.20. The van der Waals surface area contributed by atoms with Gasteiger partial charge >= 0.3 is 5.97 Å². The first-order valence-electron chi connectivity index (χ1n) is 5.97. The molecule has 94 valence electrons. The maximum Gasteiger partial charge on any atom is 0.306 e. The molecule has 0 spiro atoms. The van der Waals surface area contributed by atoms with Gasteiger partial charge in [-0.1, -0.05) is 13.8 Å². The summed E-state index contributed by atoms with van der Waals surface area (Å²) in [6.45, 7) is 4.29. The van der Waals surface area contributed by atoms with Gasteiger partial charge in [-0.15, -0.1) is 0 Å². The molecular weight excluding hydrogens is 222 g/mol. The molecule has 3 nitrogen and oxygen atoms in total. The largest absolute Gasteiger partial charge is 0.469 e. The Morgan fingerprint density at radius 3 is 2.62 bits per heavy atom. The molecule has 1 rings (SSSR count). The number of rotatable bonds is 7. The number of hydrogen-bond acceptors (Lipinski definition) is 4. The van der Waals surface area contributed by atoms with Crippen molar-refractivity contribution < 1.29 is 9.53 Å². The van der Waals surface area contributed by atoms with E-state index in [2.05, 4.69) is 13.8 Å². The Labute approximate surface area is 102 Å². The lowest BCUT2D eigenvalue weighted by Crippen LogP contribution is -2.30. The van der Waals surface area contributed by atoms with Crippen LogP contribution in [0.4, 0.5) is 0 Å². The van der Waals surface area contributed by atoms with Crippen LogP contribution >= 0.6 is 11.8 Å². The van der Waals surface area contributed by atoms with Crippen LogP contribution in [0.2, 0.25) is 0 Å². The summed E-state index contributed by atoms with van der Waals surface area (Å²) in [6.07, 6.45) is 3.90. The summed E-state index contributed by atoms with van der Waals surface area (Å²) in [4.78, 5) is 11.2. The number of carbonyl (C=O) groups excluding carboxylic acids is 1. The van der Waals surface area contributed by atoms with Crippen molar-refractivity contribution in [2.75, 3.05) is 12.9 Å². The second-order valence-electron chi connectivity index (χ2n) is 4.84. The molecule has 4 heteroatoms. The Bertz CT molecular complexity index is 241. The van der Waals surface area contributed by atoms with Crippen molar-refractivity contribution >= 4 is 17.7 Å². The Hall–Kier alpha value is -0.220. The molecule has 1 aliphatic rings. The molecule has 0 amide bonds. The molecule has 0 heterocycles. The fourth-order valence-corrected chi connectivity index (χ4v) is 3.14. The molecule has 16 heavy (non-hydrogen) atoms. The second kappa shape index (κ2) is 5.92. The highest BCUT2D eigenvalue weighted by Gasteiger charge is 2.44. The number of ether oxygens (including phenoxy) is 1. The lowest BCUT2D eigenvalue weighted by atomic mass is 10.1. The summed E-state index contributed by atoms with van der Waals surface area (Å²) in [5.74, 6) is 0.960. The van der Waals surface area contributed by atoms with Crippen LogP contribution in [-0.2, 0) is 9.53 Å². The normalized spacial score (nSPS) is 21.2. The highest BCUT2D eigenvalue weighted by Crippen LogP contribution is 2.51. The van der Waals surface area contributed by atoms with Crippen molar-refractivity contribution in [2.45, 2.75) is 50.8 Å². The zero-order valence-electron chi connectivity index (χ0n) is 10.5. The van der Waals surface area contributed by atoms with E-state index < -0.39 is 0 Å². The van der Waals surface area contributed by atoms with Crippen LogP contribution in [-0.4, -0.2) is 30.1 Å². The molecule has 2 atom stereocenters. The van der Waals surface area contributed by atoms with E-state index >= 15 is 0 Å². The number of esters is 1. The molecule has 0 saturated heterocycles. The van der Waals surface area contributed by atoms with E-state index in [-0.39, 0.29) is 17.4 Å². The van der Waals surface area contributed by atoms with E-state index in [1.165, 1.54) is 7.11 Å². The molecule has 1 saturated carbocycles. The third-order valence-corrected chi connectivity index (χ3v) is 5.09. The third kappa shape index (κ3) is 3.98. The van der Waals surface area contributed by atoms with Gasteiger partial charge in [0.05, 0.1) is 13.5 Å². The molecule has 0 aromatic heterocycles. The minimum atomic E-state index is -0.0782. The van der Waals surface area contributed by atoms with Crippen molar-refractivity contribution in [3.63, 3.8) is 0 Å². The van der Waals surface area contributed by atoms with E-state index in [9.17, 15) is 4.79 Å². The first-order valence-corrected chi connectivity index (χ1v) is 7.02. The van der Waals surface area contributed by atoms with Crippen molar-refractivity contribution in [2.24, 2.45) is 11.1 Å². The Morgan fingerprint density at radius 2 is 2.19 bits per heavy atom. The van der Waals surface area contributed by atoms with E-state index in [0.29, 0.717) is 11.7 Å². The molecule has 0 aliphatic heterocycles. The average molecular weight is 245 g/mol. The highest BCUT2D eigenvalue weighted by molar-refractivity contribution is 7.99. The quantitative estimate of drug-likeness (QED) is 0.699. The smallest absolute Gasteiger partial charge is 0.306 e. The summed E-state index contributed by atoms with van der Waals surface area (Å²) < 4.78 is 4.73. The van der Waals surface area contributed by atoms with Gasteiger partial charge < -0.3 is 10.5 Å². The summed E-state index contributed by atoms with van der Waals surface area (Å²) in [7, 11) is 1.46. The van der Waals surface area contributed by atoms with Crippen molar-refractivity contribution in [1.29, 1.82) is 0 Å².